The molecule has 0 saturated carbocycles. The van der Waals surface area contributed by atoms with E-state index >= 15 is 0 Å². The van der Waals surface area contributed by atoms with Crippen molar-refractivity contribution in [2.45, 2.75) is 19.9 Å². The van der Waals surface area contributed by atoms with E-state index in [1.807, 2.05) is 0 Å². The smallest absolute Gasteiger partial charge is 0.294 e. The summed E-state index contributed by atoms with van der Waals surface area (Å²) in [6.45, 7) is 1.61. The second-order valence-corrected chi connectivity index (χ2v) is 5.89. The van der Waals surface area contributed by atoms with Crippen LogP contribution in [0.25, 0.3) is 0 Å². The van der Waals surface area contributed by atoms with E-state index in [9.17, 15) is 14.4 Å². The molecule has 0 aliphatic carbocycles. The second-order valence-electron chi connectivity index (χ2n) is 4.63. The number of thiazole rings is 1. The van der Waals surface area contributed by atoms with Gasteiger partial charge in [-0.25, -0.2) is 0 Å². The first-order valence-corrected chi connectivity index (χ1v) is 7.68. The maximum atomic E-state index is 11.7. The quantitative estimate of drug-likeness (QED) is 0.823. The molecule has 2 aromatic rings. The van der Waals surface area contributed by atoms with Crippen LogP contribution in [0.15, 0.2) is 34.4 Å². The molecule has 0 radical (unpaired) electrons. The minimum atomic E-state index is -0.465. The number of aromatic nitrogens is 1. The molecule has 6 nitrogen and oxygen atoms in total. The highest BCUT2D eigenvalue weighted by Gasteiger charge is 2.09. The first-order chi connectivity index (χ1) is 10.5. The number of amides is 2. The Labute approximate surface area is 135 Å². The van der Waals surface area contributed by atoms with E-state index in [0.29, 0.717) is 10.7 Å². The Balaban J connectivity index is 1.82. The van der Waals surface area contributed by atoms with Crippen molar-refractivity contribution in [2.24, 2.45) is 0 Å². The number of carbonyl (C=O) groups is 2. The Bertz CT molecular complexity index is 737. The number of nitrogens with zero attached hydrogens (tertiary/aromatic N) is 1. The topological polar surface area (TPSA) is 80.2 Å². The molecule has 1 heterocycles. The summed E-state index contributed by atoms with van der Waals surface area (Å²) in [5, 5.41) is 2.27. The molecule has 2 amide bonds. The molecule has 0 atom stereocenters. The highest BCUT2D eigenvalue weighted by molar-refractivity contribution is 7.07. The van der Waals surface area contributed by atoms with Crippen molar-refractivity contribution in [2.75, 3.05) is 0 Å². The standard InChI is InChI=1S/C14H14ClN3O3S/c1-9-8-22-14(21)18(9)7-13(20)17-16-12(19)6-10-2-4-11(15)5-3-10/h2-5,8H,6-7H2,1H3,(H,16,19)(H,17,20). The lowest BCUT2D eigenvalue weighted by molar-refractivity contribution is -0.128. The summed E-state index contributed by atoms with van der Waals surface area (Å²) in [5.74, 6) is -0.821. The number of rotatable bonds is 4. The highest BCUT2D eigenvalue weighted by Crippen LogP contribution is 2.09. The van der Waals surface area contributed by atoms with Gasteiger partial charge < -0.3 is 0 Å². The molecule has 0 fully saturated rings. The largest absolute Gasteiger partial charge is 0.307 e. The fourth-order valence-electron chi connectivity index (χ4n) is 1.75. The average molecular weight is 340 g/mol. The lowest BCUT2D eigenvalue weighted by Crippen LogP contribution is -2.44. The van der Waals surface area contributed by atoms with Gasteiger partial charge in [0.1, 0.15) is 6.54 Å². The normalized spacial score (nSPS) is 10.3. The van der Waals surface area contributed by atoms with E-state index in [0.717, 1.165) is 16.9 Å². The molecule has 0 aliphatic heterocycles. The molecule has 0 spiro atoms. The van der Waals surface area contributed by atoms with Gasteiger partial charge in [0.25, 0.3) is 5.91 Å². The van der Waals surface area contributed by atoms with Gasteiger partial charge in [0, 0.05) is 16.1 Å². The van der Waals surface area contributed by atoms with E-state index in [1.165, 1.54) is 4.57 Å². The zero-order valence-corrected chi connectivity index (χ0v) is 13.3. The van der Waals surface area contributed by atoms with Crippen LogP contribution in [0.4, 0.5) is 0 Å². The summed E-state index contributed by atoms with van der Waals surface area (Å²) < 4.78 is 1.34. The molecule has 0 unspecified atom stereocenters. The van der Waals surface area contributed by atoms with Crippen LogP contribution in [0.2, 0.25) is 5.02 Å². The van der Waals surface area contributed by atoms with Gasteiger partial charge in [0.05, 0.1) is 6.42 Å². The van der Waals surface area contributed by atoms with Crippen molar-refractivity contribution in [1.29, 1.82) is 0 Å². The van der Waals surface area contributed by atoms with Crippen LogP contribution in [0.3, 0.4) is 0 Å². The summed E-state index contributed by atoms with van der Waals surface area (Å²) in [7, 11) is 0. The van der Waals surface area contributed by atoms with Crippen molar-refractivity contribution in [3.05, 3.63) is 55.6 Å². The van der Waals surface area contributed by atoms with Crippen molar-refractivity contribution in [1.82, 2.24) is 15.4 Å². The van der Waals surface area contributed by atoms with Gasteiger partial charge in [-0.1, -0.05) is 35.1 Å². The van der Waals surface area contributed by atoms with Crippen LogP contribution >= 0.6 is 22.9 Å². The number of hydrogen-bond acceptors (Lipinski definition) is 4. The zero-order valence-electron chi connectivity index (χ0n) is 11.8. The molecule has 1 aromatic carbocycles. The van der Waals surface area contributed by atoms with E-state index in [-0.39, 0.29) is 23.7 Å². The van der Waals surface area contributed by atoms with Crippen molar-refractivity contribution in [3.63, 3.8) is 0 Å². The Morgan fingerprint density at radius 2 is 1.82 bits per heavy atom. The van der Waals surface area contributed by atoms with Crippen LogP contribution in [-0.2, 0) is 22.6 Å². The zero-order chi connectivity index (χ0) is 16.1. The summed E-state index contributed by atoms with van der Waals surface area (Å²) >= 11 is 6.79. The van der Waals surface area contributed by atoms with Crippen LogP contribution < -0.4 is 15.7 Å². The first kappa shape index (κ1) is 16.3. The number of hydrazine groups is 1. The third kappa shape index (κ3) is 4.44. The lowest BCUT2D eigenvalue weighted by atomic mass is 10.1. The molecule has 116 valence electrons. The number of aryl methyl sites for hydroxylation is 1. The van der Waals surface area contributed by atoms with Gasteiger partial charge in [0.15, 0.2) is 0 Å². The van der Waals surface area contributed by atoms with Crippen molar-refractivity contribution < 1.29 is 9.59 Å². The summed E-state index contributed by atoms with van der Waals surface area (Å²) in [6.07, 6.45) is 0.120. The van der Waals surface area contributed by atoms with Crippen molar-refractivity contribution >= 4 is 34.8 Å². The monoisotopic (exact) mass is 339 g/mol. The summed E-state index contributed by atoms with van der Waals surface area (Å²) in [5.41, 5.74) is 6.09. The molecule has 0 saturated heterocycles. The Hall–Kier alpha value is -2.12. The van der Waals surface area contributed by atoms with Crippen LogP contribution in [-0.4, -0.2) is 16.4 Å². The average Bonchev–Trinajstić information content (AvgIpc) is 2.79. The van der Waals surface area contributed by atoms with Gasteiger partial charge in [-0.2, -0.15) is 0 Å². The SMILES string of the molecule is Cc1csc(=O)n1CC(=O)NNC(=O)Cc1ccc(Cl)cc1. The highest BCUT2D eigenvalue weighted by atomic mass is 35.5. The van der Waals surface area contributed by atoms with Crippen LogP contribution in [0.1, 0.15) is 11.3 Å². The van der Waals surface area contributed by atoms with E-state index in [4.69, 9.17) is 11.6 Å². The number of nitrogens with one attached hydrogen (secondary N) is 2. The van der Waals surface area contributed by atoms with Gasteiger partial charge in [-0.3, -0.25) is 29.8 Å². The lowest BCUT2D eigenvalue weighted by Gasteiger charge is -2.08. The Morgan fingerprint density at radius 1 is 1.18 bits per heavy atom. The number of benzene rings is 1. The predicted octanol–water partition coefficient (Wildman–Crippen LogP) is 1.26. The Kier molecular flexibility index (Phi) is 5.35. The minimum absolute atomic E-state index is 0.120. The fourth-order valence-corrected chi connectivity index (χ4v) is 2.61. The van der Waals surface area contributed by atoms with Gasteiger partial charge in [0.2, 0.25) is 5.91 Å². The van der Waals surface area contributed by atoms with Gasteiger partial charge >= 0.3 is 4.87 Å². The number of hydrogen-bond donors (Lipinski definition) is 2. The molecule has 0 aliphatic rings. The maximum Gasteiger partial charge on any atom is 0.307 e. The molecule has 22 heavy (non-hydrogen) atoms. The molecular weight excluding hydrogens is 326 g/mol. The molecule has 2 N–H and O–H groups in total. The Morgan fingerprint density at radius 3 is 2.41 bits per heavy atom. The second kappa shape index (κ2) is 7.24. The maximum absolute atomic E-state index is 11.7. The van der Waals surface area contributed by atoms with Gasteiger partial charge in [-0.15, -0.1) is 0 Å². The predicted molar refractivity (Wildman–Crippen MR) is 84.8 cm³/mol. The first-order valence-electron chi connectivity index (χ1n) is 6.43. The van der Waals surface area contributed by atoms with Crippen molar-refractivity contribution in [3.8, 4) is 0 Å². The minimum Gasteiger partial charge on any atom is -0.294 e. The van der Waals surface area contributed by atoms with Gasteiger partial charge in [-0.05, 0) is 24.6 Å². The van der Waals surface area contributed by atoms with E-state index < -0.39 is 5.91 Å². The van der Waals surface area contributed by atoms with E-state index in [1.54, 1.807) is 36.6 Å². The molecule has 0 bridgehead atoms. The molecule has 1 aromatic heterocycles. The molecule has 2 rings (SSSR count). The summed E-state index contributed by atoms with van der Waals surface area (Å²) in [4.78, 5) is 34.7. The summed E-state index contributed by atoms with van der Waals surface area (Å²) in [6, 6.07) is 6.85. The molecule has 8 heteroatoms. The third-order valence-electron chi connectivity index (χ3n) is 2.90. The molecular formula is C14H14ClN3O3S. The fraction of sp³-hybridized carbons (Fsp3) is 0.214. The third-order valence-corrected chi connectivity index (χ3v) is 4.03. The van der Waals surface area contributed by atoms with Crippen LogP contribution in [0.5, 0.6) is 0 Å². The number of carbonyl (C=O) groups excluding carboxylic acids is 2. The van der Waals surface area contributed by atoms with E-state index in [2.05, 4.69) is 10.9 Å². The number of halogens is 1. The van der Waals surface area contributed by atoms with Crippen LogP contribution in [0, 0.1) is 6.92 Å².